The van der Waals surface area contributed by atoms with Gasteiger partial charge >= 0.3 is 0 Å². The van der Waals surface area contributed by atoms with Gasteiger partial charge in [0.15, 0.2) is 87.1 Å². The summed E-state index contributed by atoms with van der Waals surface area (Å²) in [5, 5.41) is 30.9. The molecule has 6 aromatic heterocycles. The van der Waals surface area contributed by atoms with Crippen LogP contribution in [0.15, 0.2) is 146 Å². The molecule has 6 heterocycles. The summed E-state index contributed by atoms with van der Waals surface area (Å²) in [6.07, 6.45) is 13.9. The van der Waals surface area contributed by atoms with Crippen molar-refractivity contribution in [2.24, 2.45) is 35.7 Å². The maximum Gasteiger partial charge on any atom is 0.264 e. The second-order valence-electron chi connectivity index (χ2n) is 35.6. The highest BCUT2D eigenvalue weighted by Gasteiger charge is 2.47. The van der Waals surface area contributed by atoms with Crippen molar-refractivity contribution >= 4 is 138 Å². The van der Waals surface area contributed by atoms with Gasteiger partial charge in [0.2, 0.25) is 0 Å². The quantitative estimate of drug-likeness (QED) is 0.0187. The molecule has 0 aliphatic heterocycles. The van der Waals surface area contributed by atoms with Gasteiger partial charge in [-0.25, -0.2) is 77.6 Å². The Morgan fingerprint density at radius 1 is 0.353 bits per heavy atom. The van der Waals surface area contributed by atoms with E-state index in [1.807, 2.05) is 67.2 Å². The lowest BCUT2D eigenvalue weighted by atomic mass is 9.87. The molecule has 5 aromatic carbocycles. The number of anilines is 15. The number of nitrogens with two attached hydrogens (primary N) is 5. The number of ketones is 5. The summed E-state index contributed by atoms with van der Waals surface area (Å²) in [6, 6.07) is 29.9. The summed E-state index contributed by atoms with van der Waals surface area (Å²) in [4.78, 5) is 80.9. The van der Waals surface area contributed by atoms with Crippen molar-refractivity contribution < 1.29 is 76.7 Å². The third kappa shape index (κ3) is 27.5. The van der Waals surface area contributed by atoms with Crippen molar-refractivity contribution in [1.82, 2.24) is 29.5 Å². The average molecular weight is 1950 g/mol. The Morgan fingerprint density at radius 3 is 1.04 bits per heavy atom. The minimum absolute atomic E-state index is 0.0146. The smallest absolute Gasteiger partial charge is 0.264 e. The molecule has 5 saturated carbocycles. The number of nitrogens with zero attached hydrogens (tertiary/aromatic N) is 6. The van der Waals surface area contributed by atoms with Crippen molar-refractivity contribution in [2.75, 3.05) is 53.2 Å². The lowest BCUT2D eigenvalue weighted by molar-refractivity contribution is -0.0559. The van der Waals surface area contributed by atoms with Gasteiger partial charge in [0, 0.05) is 125 Å². The molecule has 0 spiro atoms. The van der Waals surface area contributed by atoms with Crippen LogP contribution in [-0.4, -0.2) is 131 Å². The fourth-order valence-corrected chi connectivity index (χ4v) is 17.2. The van der Waals surface area contributed by atoms with Crippen molar-refractivity contribution in [3.8, 4) is 0 Å². The van der Waals surface area contributed by atoms with Crippen molar-refractivity contribution in [1.29, 1.82) is 0 Å². The number of nitrogens with one attached hydrogen (secondary N) is 10. The SMILES string of the molecule is CC(=O)c1cc(F)c(N[C@@H]2CCCC(F)(F)[C@@H]2N)nc1Nc1cccc(C)c1.CC(=O)c1cc(F)c(N[C@@H]2CCCC(F)(F)[C@@H]2N)nc1Nc1cccc2c1ccn2C.CC(=O)c1cc(F)c(N[C@@H]2CCCC[C@@H]2N)nc1Nc1cc(F)cc(F)c1.CC(=O)c1cc(F)c(N[C@@H]2CCCC[C@@H]2N)nc1Nc1ccc(C)c(F)c1.CC(=O)c1cc(F)c(N[C@@H]2CCCC[C@@H]2N)nc1Nc1cccc(Cl)c1. The fraction of sp³-hybridized carbons (Fsp3) is 0.380. The summed E-state index contributed by atoms with van der Waals surface area (Å²) in [5.74, 6) is -12.8. The molecular formula is C100H114ClF12N21O5. The monoisotopic (exact) mass is 1950 g/mol. The second-order valence-corrected chi connectivity index (χ2v) is 36.0. The molecule has 10 atom stereocenters. The first-order valence-corrected chi connectivity index (χ1v) is 46.2. The molecule has 26 nitrogen and oxygen atoms in total. The molecule has 39 heteroatoms. The van der Waals surface area contributed by atoms with E-state index in [4.69, 9.17) is 40.3 Å². The van der Waals surface area contributed by atoms with Crippen molar-refractivity contribution in [3.63, 3.8) is 0 Å². The molecular weight excluding hydrogens is 1840 g/mol. The largest absolute Gasteiger partial charge is 0.363 e. The number of aryl methyl sites for hydroxylation is 3. The first-order valence-electron chi connectivity index (χ1n) is 45.8. The predicted molar refractivity (Wildman–Crippen MR) is 520 cm³/mol. The maximum absolute atomic E-state index is 14.7. The number of fused-ring (bicyclic) bond motifs is 1. The van der Waals surface area contributed by atoms with Gasteiger partial charge in [-0.1, -0.05) is 80.5 Å². The van der Waals surface area contributed by atoms with Crippen LogP contribution in [0.5, 0.6) is 0 Å². The van der Waals surface area contributed by atoms with Gasteiger partial charge in [0.05, 0.1) is 39.9 Å². The number of Topliss-reactive ketones (excluding diaryl/α,β-unsaturated/α-hetero) is 5. The zero-order valence-corrected chi connectivity index (χ0v) is 78.6. The van der Waals surface area contributed by atoms with E-state index in [9.17, 15) is 76.7 Å². The van der Waals surface area contributed by atoms with Gasteiger partial charge in [0.25, 0.3) is 11.8 Å². The number of benzene rings is 5. The minimum atomic E-state index is -3.03. The molecule has 0 unspecified atom stereocenters. The van der Waals surface area contributed by atoms with Crippen LogP contribution in [-0.2, 0) is 7.05 Å². The van der Waals surface area contributed by atoms with Crippen LogP contribution < -0.4 is 81.8 Å². The van der Waals surface area contributed by atoms with Crippen LogP contribution in [0.25, 0.3) is 10.9 Å². The summed E-state index contributed by atoms with van der Waals surface area (Å²) in [7, 11) is 1.91. The van der Waals surface area contributed by atoms with Crippen molar-refractivity contribution in [3.05, 3.63) is 236 Å². The lowest BCUT2D eigenvalue weighted by Gasteiger charge is -2.36. The van der Waals surface area contributed by atoms with Crippen LogP contribution in [0.1, 0.15) is 213 Å². The van der Waals surface area contributed by atoms with Gasteiger partial charge in [-0.2, -0.15) is 0 Å². The van der Waals surface area contributed by atoms with Gasteiger partial charge in [-0.15, -0.1) is 0 Å². The second kappa shape index (κ2) is 46.6. The van der Waals surface area contributed by atoms with Gasteiger partial charge < -0.3 is 86.4 Å². The first kappa shape index (κ1) is 105. The van der Waals surface area contributed by atoms with Crippen LogP contribution in [0, 0.1) is 60.4 Å². The highest BCUT2D eigenvalue weighted by atomic mass is 35.5. The molecule has 11 aromatic rings. The van der Waals surface area contributed by atoms with E-state index in [0.717, 1.165) is 136 Å². The van der Waals surface area contributed by atoms with E-state index >= 15 is 0 Å². The third-order valence-electron chi connectivity index (χ3n) is 24.8. The van der Waals surface area contributed by atoms with E-state index in [0.29, 0.717) is 46.2 Å². The molecule has 0 bridgehead atoms. The number of rotatable bonds is 25. The Bertz CT molecular complexity index is 6260. The molecule has 5 fully saturated rings. The summed E-state index contributed by atoms with van der Waals surface area (Å²) in [5.41, 5.74) is 35.1. The molecule has 0 amide bonds. The van der Waals surface area contributed by atoms with Crippen LogP contribution >= 0.6 is 11.6 Å². The summed E-state index contributed by atoms with van der Waals surface area (Å²) in [6.45, 7) is 10.2. The Hall–Kier alpha value is -13.0. The molecule has 16 rings (SSSR count). The van der Waals surface area contributed by atoms with Gasteiger partial charge in [-0.05, 0) is 227 Å². The molecule has 0 radical (unpaired) electrons. The van der Waals surface area contributed by atoms with Crippen LogP contribution in [0.2, 0.25) is 5.02 Å². The number of carbonyl (C=O) groups excluding carboxylic acids is 5. The zero-order chi connectivity index (χ0) is 101. The lowest BCUT2D eigenvalue weighted by Crippen LogP contribution is -2.55. The summed E-state index contributed by atoms with van der Waals surface area (Å²) < 4.78 is 171. The van der Waals surface area contributed by atoms with Crippen LogP contribution in [0.4, 0.5) is 139 Å². The number of hydrogen-bond donors (Lipinski definition) is 15. The van der Waals surface area contributed by atoms with Gasteiger partial charge in [0.1, 0.15) is 46.5 Å². The minimum Gasteiger partial charge on any atom is -0.363 e. The number of hydrogen-bond acceptors (Lipinski definition) is 25. The number of alkyl halides is 4. The Morgan fingerprint density at radius 2 is 0.683 bits per heavy atom. The Kier molecular flexibility index (Phi) is 35.2. The standard InChI is InChI=1S/C22H24F3N5O.C20H23F3N4O.C20H24F2N4O.C19H22ClFN4O.C19H21F3N4O/c1-12(31)14-11-15(23)21(28-17-6-4-9-22(24,25)19(17)26)29-20(14)27-16-5-3-7-18-13(16)8-10-30(18)2;1-11-5-3-6-13(9-11)25-18-14(12(2)28)10-15(21)19(27-18)26-16-7-4-8-20(22,23)17(16)24;1-11-7-8-13(9-15(11)21)24-19-14(12(2)27)10-16(22)20(26-19)25-18-6-4-3-5-17(18)23;1-11(26)14-10-15(21)19(24-17-8-3-2-7-16(17)22)25-18(14)23-13-6-4-5-12(20)9-13;1-10(27)14-9-15(22)19(25-17-5-3-2-4-16(17)23)26-18(14)24-13-7-11(20)6-12(21)8-13/h3,5,7-8,10-11,17,19H,4,6,9,26H2,1-2H3,(H2,27,28,29);3,5-6,9-10,16-17H,4,7-8,24H2,1-2H3,(H2,25,26,27);7-10,17-18H,3-6,23H2,1-2H3,(H2,24,25,26);4-6,9-10,16-17H,2-3,7-8,22H2,1H3,(H2,23,24,25);6-9,16-17H,2-5,23H2,1H3,(H2,24,25,26)/t17-,19-;16-,17-;17-,18+;2*16-,17+/m11000/s1. The normalized spacial score (nSPS) is 20.2. The number of pyridine rings is 5. The summed E-state index contributed by atoms with van der Waals surface area (Å²) >= 11 is 6.00. The molecule has 139 heavy (non-hydrogen) atoms. The molecule has 5 aliphatic rings. The third-order valence-corrected chi connectivity index (χ3v) is 25.1. The van der Waals surface area contributed by atoms with E-state index in [-0.39, 0.29) is 183 Å². The highest BCUT2D eigenvalue weighted by Crippen LogP contribution is 2.40. The maximum atomic E-state index is 14.7. The zero-order valence-electron chi connectivity index (χ0n) is 77.9. The fourth-order valence-electron chi connectivity index (χ4n) is 17.1. The number of aromatic nitrogens is 6. The Balaban J connectivity index is 0.000000156. The topological polar surface area (TPSA) is 405 Å². The molecule has 5 aliphatic carbocycles. The highest BCUT2D eigenvalue weighted by molar-refractivity contribution is 6.30. The molecule has 0 saturated heterocycles. The number of carbonyl (C=O) groups is 5. The van der Waals surface area contributed by atoms with Crippen molar-refractivity contribution in [2.45, 2.75) is 236 Å². The molecule has 20 N–H and O–H groups in total. The van der Waals surface area contributed by atoms with E-state index in [2.05, 4.69) is 78.1 Å². The number of halogens is 13. The van der Waals surface area contributed by atoms with E-state index < -0.39 is 82.5 Å². The van der Waals surface area contributed by atoms with Crippen LogP contribution in [0.3, 0.4) is 0 Å². The van der Waals surface area contributed by atoms with E-state index in [1.54, 1.807) is 49.4 Å². The van der Waals surface area contributed by atoms with Gasteiger partial charge in [-0.3, -0.25) is 24.0 Å². The first-order chi connectivity index (χ1) is 66.0. The van der Waals surface area contributed by atoms with E-state index in [1.165, 1.54) is 46.8 Å². The average Bonchev–Trinajstić information content (AvgIpc) is 1.78. The Labute approximate surface area is 801 Å². The molecule has 740 valence electrons. The predicted octanol–water partition coefficient (Wildman–Crippen LogP) is 21.9.